The van der Waals surface area contributed by atoms with E-state index in [0.717, 1.165) is 6.07 Å². The molecule has 0 unspecified atom stereocenters. The highest BCUT2D eigenvalue weighted by molar-refractivity contribution is 5.78. The first-order valence-electron chi connectivity index (χ1n) is 5.44. The molecule has 0 aliphatic heterocycles. The molecular weight excluding hydrogens is 259 g/mol. The second kappa shape index (κ2) is 6.75. The number of amides is 1. The zero-order chi connectivity index (χ0) is 14.3. The molecule has 1 aromatic carbocycles. The molecule has 0 fully saturated rings. The molecule has 7 heteroatoms. The molecule has 0 aliphatic carbocycles. The van der Waals surface area contributed by atoms with Crippen molar-refractivity contribution < 1.29 is 18.0 Å². The molecule has 0 atom stereocenters. The Balaban J connectivity index is 2.55. The second-order valence-corrected chi connectivity index (χ2v) is 3.69. The highest BCUT2D eigenvalue weighted by Gasteiger charge is 2.32. The lowest BCUT2D eigenvalue weighted by molar-refractivity contribution is -0.138. The topological polar surface area (TPSA) is 64.9 Å². The van der Waals surface area contributed by atoms with Crippen molar-refractivity contribution in [1.29, 1.82) is 5.26 Å². The summed E-state index contributed by atoms with van der Waals surface area (Å²) in [5, 5.41) is 13.1. The minimum atomic E-state index is -4.42. The maximum absolute atomic E-state index is 12.7. The summed E-state index contributed by atoms with van der Waals surface area (Å²) in [6.07, 6.45) is -4.42. The fourth-order valence-electron chi connectivity index (χ4n) is 1.46. The van der Waals surface area contributed by atoms with Gasteiger partial charge in [0, 0.05) is 6.54 Å². The minimum absolute atomic E-state index is 0.0723. The molecule has 0 saturated heterocycles. The van der Waals surface area contributed by atoms with Crippen LogP contribution >= 0.6 is 0 Å². The number of hydrogen-bond acceptors (Lipinski definition) is 3. The van der Waals surface area contributed by atoms with Crippen LogP contribution in [0.25, 0.3) is 0 Å². The van der Waals surface area contributed by atoms with E-state index in [1.54, 1.807) is 6.07 Å². The monoisotopic (exact) mass is 271 g/mol. The van der Waals surface area contributed by atoms with E-state index in [4.69, 9.17) is 5.26 Å². The number of rotatable bonds is 5. The molecule has 102 valence electrons. The van der Waals surface area contributed by atoms with Gasteiger partial charge in [0.05, 0.1) is 18.2 Å². The number of carbonyl (C=O) groups is 1. The number of nitrogens with zero attached hydrogens (tertiary/aromatic N) is 1. The predicted octanol–water partition coefficient (Wildman–Crippen LogP) is 1.43. The molecule has 19 heavy (non-hydrogen) atoms. The van der Waals surface area contributed by atoms with Crippen molar-refractivity contribution >= 4 is 5.91 Å². The average Bonchev–Trinajstić information content (AvgIpc) is 2.35. The summed E-state index contributed by atoms with van der Waals surface area (Å²) >= 11 is 0. The Morgan fingerprint density at radius 2 is 2.00 bits per heavy atom. The second-order valence-electron chi connectivity index (χ2n) is 3.69. The quantitative estimate of drug-likeness (QED) is 0.796. The molecule has 0 radical (unpaired) electrons. The fraction of sp³-hybridized carbons (Fsp3) is 0.333. The first-order valence-corrected chi connectivity index (χ1v) is 5.44. The lowest BCUT2D eigenvalue weighted by atomic mass is 10.1. The van der Waals surface area contributed by atoms with Gasteiger partial charge in [0.1, 0.15) is 6.54 Å². The van der Waals surface area contributed by atoms with Gasteiger partial charge in [-0.05, 0) is 11.6 Å². The highest BCUT2D eigenvalue weighted by Crippen LogP contribution is 2.31. The molecule has 1 amide bonds. The van der Waals surface area contributed by atoms with E-state index in [2.05, 4.69) is 10.6 Å². The van der Waals surface area contributed by atoms with Crippen LogP contribution in [0.2, 0.25) is 0 Å². The minimum Gasteiger partial charge on any atom is -0.342 e. The van der Waals surface area contributed by atoms with E-state index in [1.807, 2.05) is 0 Å². The summed E-state index contributed by atoms with van der Waals surface area (Å²) in [5.41, 5.74) is -0.650. The lowest BCUT2D eigenvalue weighted by Crippen LogP contribution is -2.34. The van der Waals surface area contributed by atoms with Gasteiger partial charge in [-0.1, -0.05) is 18.2 Å². The number of nitriles is 1. The maximum atomic E-state index is 12.7. The number of nitrogens with one attached hydrogen (secondary N) is 2. The molecule has 1 rings (SSSR count). The summed E-state index contributed by atoms with van der Waals surface area (Å²) in [6.45, 7) is -0.344. The zero-order valence-electron chi connectivity index (χ0n) is 9.92. The average molecular weight is 271 g/mol. The van der Waals surface area contributed by atoms with E-state index in [-0.39, 0.29) is 25.2 Å². The largest absolute Gasteiger partial charge is 0.416 e. The van der Waals surface area contributed by atoms with Crippen LogP contribution in [0, 0.1) is 11.3 Å². The predicted molar refractivity (Wildman–Crippen MR) is 61.8 cm³/mol. The van der Waals surface area contributed by atoms with Crippen LogP contribution in [-0.4, -0.2) is 19.0 Å². The molecule has 0 heterocycles. The van der Waals surface area contributed by atoms with Crippen molar-refractivity contribution in [2.24, 2.45) is 0 Å². The van der Waals surface area contributed by atoms with Crippen LogP contribution in [0.5, 0.6) is 0 Å². The Morgan fingerprint density at radius 3 is 2.63 bits per heavy atom. The van der Waals surface area contributed by atoms with Gasteiger partial charge >= 0.3 is 6.18 Å². The van der Waals surface area contributed by atoms with Gasteiger partial charge in [-0.2, -0.15) is 18.4 Å². The third-order valence-corrected chi connectivity index (χ3v) is 2.29. The van der Waals surface area contributed by atoms with Crippen LogP contribution in [0.15, 0.2) is 24.3 Å². The molecular formula is C12H12F3N3O. The highest BCUT2D eigenvalue weighted by atomic mass is 19.4. The van der Waals surface area contributed by atoms with E-state index < -0.39 is 17.6 Å². The van der Waals surface area contributed by atoms with Gasteiger partial charge in [0.2, 0.25) is 5.91 Å². The van der Waals surface area contributed by atoms with Crippen LogP contribution in [-0.2, 0) is 17.5 Å². The van der Waals surface area contributed by atoms with Crippen LogP contribution < -0.4 is 10.6 Å². The molecule has 2 N–H and O–H groups in total. The smallest absolute Gasteiger partial charge is 0.342 e. The number of benzene rings is 1. The summed E-state index contributed by atoms with van der Waals surface area (Å²) in [5.74, 6) is -0.439. The number of alkyl halides is 3. The molecule has 0 spiro atoms. The SMILES string of the molecule is N#CCNC(=O)CNCc1ccccc1C(F)(F)F. The first kappa shape index (κ1) is 15.0. The molecule has 0 saturated carbocycles. The summed E-state index contributed by atoms with van der Waals surface area (Å²) in [6, 6.07) is 6.88. The molecule has 0 aliphatic rings. The van der Waals surface area contributed by atoms with Gasteiger partial charge < -0.3 is 10.6 Å². The van der Waals surface area contributed by atoms with E-state index >= 15 is 0 Å². The van der Waals surface area contributed by atoms with Crippen LogP contribution in [0.3, 0.4) is 0 Å². The maximum Gasteiger partial charge on any atom is 0.416 e. The van der Waals surface area contributed by atoms with Gasteiger partial charge in [-0.25, -0.2) is 0 Å². The van der Waals surface area contributed by atoms with Gasteiger partial charge in [-0.15, -0.1) is 0 Å². The lowest BCUT2D eigenvalue weighted by Gasteiger charge is -2.12. The fourth-order valence-corrected chi connectivity index (χ4v) is 1.46. The summed E-state index contributed by atoms with van der Waals surface area (Å²) in [7, 11) is 0. The van der Waals surface area contributed by atoms with Gasteiger partial charge in [-0.3, -0.25) is 4.79 Å². The van der Waals surface area contributed by atoms with Crippen LogP contribution in [0.4, 0.5) is 13.2 Å². The van der Waals surface area contributed by atoms with Crippen LogP contribution in [0.1, 0.15) is 11.1 Å². The Bertz CT molecular complexity index is 480. The standard InChI is InChI=1S/C12H12F3N3O/c13-12(14,15)10-4-2-1-3-9(10)7-17-8-11(19)18-6-5-16/h1-4,17H,6-8H2,(H,18,19). The number of hydrogen-bond donors (Lipinski definition) is 2. The number of halogens is 3. The zero-order valence-corrected chi connectivity index (χ0v) is 9.92. The van der Waals surface area contributed by atoms with Crippen molar-refractivity contribution in [3.63, 3.8) is 0 Å². The Hall–Kier alpha value is -2.07. The first-order chi connectivity index (χ1) is 8.95. The molecule has 1 aromatic rings. The van der Waals surface area contributed by atoms with Crippen molar-refractivity contribution in [3.8, 4) is 6.07 Å². The molecule has 0 bridgehead atoms. The van der Waals surface area contributed by atoms with Crippen molar-refractivity contribution in [2.45, 2.75) is 12.7 Å². The number of carbonyl (C=O) groups excluding carboxylic acids is 1. The van der Waals surface area contributed by atoms with E-state index in [0.29, 0.717) is 0 Å². The van der Waals surface area contributed by atoms with Crippen molar-refractivity contribution in [3.05, 3.63) is 35.4 Å². The van der Waals surface area contributed by atoms with Gasteiger partial charge in [0.25, 0.3) is 0 Å². The Labute approximate surface area is 108 Å². The van der Waals surface area contributed by atoms with Gasteiger partial charge in [0.15, 0.2) is 0 Å². The van der Waals surface area contributed by atoms with Crippen molar-refractivity contribution in [2.75, 3.05) is 13.1 Å². The molecule has 0 aromatic heterocycles. The summed E-state index contributed by atoms with van der Waals surface area (Å²) < 4.78 is 38.0. The third kappa shape index (κ3) is 4.97. The Morgan fingerprint density at radius 1 is 1.32 bits per heavy atom. The normalized spacial score (nSPS) is 10.8. The summed E-state index contributed by atoms with van der Waals surface area (Å²) in [4.78, 5) is 11.1. The third-order valence-electron chi connectivity index (χ3n) is 2.29. The molecule has 4 nitrogen and oxygen atoms in total. The Kier molecular flexibility index (Phi) is 5.33. The van der Waals surface area contributed by atoms with E-state index in [9.17, 15) is 18.0 Å². The van der Waals surface area contributed by atoms with Crippen molar-refractivity contribution in [1.82, 2.24) is 10.6 Å². The van der Waals surface area contributed by atoms with E-state index in [1.165, 1.54) is 18.2 Å².